The normalized spacial score (nSPS) is 10.5. The third-order valence-electron chi connectivity index (χ3n) is 3.03. The van der Waals surface area contributed by atoms with Gasteiger partial charge in [0.15, 0.2) is 0 Å². The molecule has 4 heteroatoms. The molecule has 0 amide bonds. The number of anilines is 1. The molecule has 0 saturated heterocycles. The number of aryl methyl sites for hydroxylation is 1. The standard InChI is InChI=1S/C15H18N2OS/c1-10-8-17-13(11(2)15(10)18-3)9-19-14-7-5-4-6-12(14)16/h4-8H,9,16H2,1-3H3. The van der Waals surface area contributed by atoms with Crippen molar-refractivity contribution in [1.82, 2.24) is 4.98 Å². The molecule has 0 bridgehead atoms. The summed E-state index contributed by atoms with van der Waals surface area (Å²) >= 11 is 1.70. The van der Waals surface area contributed by atoms with Gasteiger partial charge in [-0.25, -0.2) is 0 Å². The predicted molar refractivity (Wildman–Crippen MR) is 80.7 cm³/mol. The summed E-state index contributed by atoms with van der Waals surface area (Å²) in [6, 6.07) is 7.88. The van der Waals surface area contributed by atoms with Gasteiger partial charge in [-0.3, -0.25) is 4.98 Å². The summed E-state index contributed by atoms with van der Waals surface area (Å²) < 4.78 is 5.42. The molecule has 0 radical (unpaired) electrons. The summed E-state index contributed by atoms with van der Waals surface area (Å²) in [5, 5.41) is 0. The Bertz CT molecular complexity index is 584. The number of ether oxygens (including phenoxy) is 1. The highest BCUT2D eigenvalue weighted by Crippen LogP contribution is 2.31. The summed E-state index contributed by atoms with van der Waals surface area (Å²) in [5.41, 5.74) is 9.95. The Kier molecular flexibility index (Phi) is 4.32. The number of nitrogen functional groups attached to an aromatic ring is 1. The Morgan fingerprint density at radius 1 is 1.26 bits per heavy atom. The first-order valence-corrected chi connectivity index (χ1v) is 7.08. The van der Waals surface area contributed by atoms with Crippen LogP contribution >= 0.6 is 11.8 Å². The molecule has 19 heavy (non-hydrogen) atoms. The molecule has 0 aliphatic rings. The van der Waals surface area contributed by atoms with Crippen LogP contribution in [0.1, 0.15) is 16.8 Å². The van der Waals surface area contributed by atoms with Crippen molar-refractivity contribution in [3.8, 4) is 5.75 Å². The van der Waals surface area contributed by atoms with E-state index in [0.717, 1.165) is 38.9 Å². The van der Waals surface area contributed by atoms with Crippen molar-refractivity contribution in [3.05, 3.63) is 47.3 Å². The van der Waals surface area contributed by atoms with Crippen molar-refractivity contribution in [2.75, 3.05) is 12.8 Å². The topological polar surface area (TPSA) is 48.1 Å². The van der Waals surface area contributed by atoms with Crippen LogP contribution in [0.2, 0.25) is 0 Å². The lowest BCUT2D eigenvalue weighted by Crippen LogP contribution is -1.99. The Hall–Kier alpha value is -1.68. The number of methoxy groups -OCH3 is 1. The third-order valence-corrected chi connectivity index (χ3v) is 4.13. The van der Waals surface area contributed by atoms with Crippen molar-refractivity contribution >= 4 is 17.4 Å². The molecule has 0 aliphatic carbocycles. The number of nitrogens with two attached hydrogens (primary N) is 1. The van der Waals surface area contributed by atoms with Gasteiger partial charge in [-0.05, 0) is 26.0 Å². The second-order valence-electron chi connectivity index (χ2n) is 4.37. The molecule has 1 aromatic carbocycles. The van der Waals surface area contributed by atoms with Gasteiger partial charge in [0.1, 0.15) is 5.75 Å². The first-order valence-electron chi connectivity index (χ1n) is 6.10. The minimum atomic E-state index is 0.788. The Balaban J connectivity index is 2.19. The van der Waals surface area contributed by atoms with Gasteiger partial charge in [0, 0.05) is 33.7 Å². The first kappa shape index (κ1) is 13.7. The zero-order valence-corrected chi connectivity index (χ0v) is 12.3. The van der Waals surface area contributed by atoms with Gasteiger partial charge in [0.2, 0.25) is 0 Å². The molecule has 3 nitrogen and oxygen atoms in total. The van der Waals surface area contributed by atoms with Crippen molar-refractivity contribution in [3.63, 3.8) is 0 Å². The van der Waals surface area contributed by atoms with Gasteiger partial charge in [-0.15, -0.1) is 11.8 Å². The molecule has 2 N–H and O–H groups in total. The van der Waals surface area contributed by atoms with Crippen LogP contribution in [0, 0.1) is 13.8 Å². The SMILES string of the molecule is COc1c(C)cnc(CSc2ccccc2N)c1C. The van der Waals surface area contributed by atoms with Gasteiger partial charge in [0.05, 0.1) is 12.8 Å². The van der Waals surface area contributed by atoms with E-state index in [1.54, 1.807) is 18.9 Å². The van der Waals surface area contributed by atoms with Crippen molar-refractivity contribution in [2.45, 2.75) is 24.5 Å². The van der Waals surface area contributed by atoms with Crippen molar-refractivity contribution in [2.24, 2.45) is 0 Å². The van der Waals surface area contributed by atoms with E-state index in [-0.39, 0.29) is 0 Å². The quantitative estimate of drug-likeness (QED) is 0.684. The molecule has 1 heterocycles. The van der Waals surface area contributed by atoms with Crippen LogP contribution in [-0.2, 0) is 5.75 Å². The number of thioether (sulfide) groups is 1. The number of benzene rings is 1. The van der Waals surface area contributed by atoms with Crippen LogP contribution in [0.5, 0.6) is 5.75 Å². The lowest BCUT2D eigenvalue weighted by molar-refractivity contribution is 0.407. The van der Waals surface area contributed by atoms with E-state index in [2.05, 4.69) is 4.98 Å². The Morgan fingerprint density at radius 2 is 2.00 bits per heavy atom. The van der Waals surface area contributed by atoms with Crippen LogP contribution in [0.25, 0.3) is 0 Å². The second-order valence-corrected chi connectivity index (χ2v) is 5.39. The van der Waals surface area contributed by atoms with E-state index in [4.69, 9.17) is 10.5 Å². The zero-order valence-electron chi connectivity index (χ0n) is 11.4. The van der Waals surface area contributed by atoms with Crippen LogP contribution in [0.4, 0.5) is 5.69 Å². The fourth-order valence-electron chi connectivity index (χ4n) is 1.97. The van der Waals surface area contributed by atoms with Gasteiger partial charge >= 0.3 is 0 Å². The summed E-state index contributed by atoms with van der Waals surface area (Å²) in [4.78, 5) is 5.58. The summed E-state index contributed by atoms with van der Waals surface area (Å²) in [6.07, 6.45) is 1.86. The minimum absolute atomic E-state index is 0.788. The highest BCUT2D eigenvalue weighted by atomic mass is 32.2. The summed E-state index contributed by atoms with van der Waals surface area (Å²) in [6.45, 7) is 4.05. The van der Waals surface area contributed by atoms with Gasteiger partial charge in [0.25, 0.3) is 0 Å². The third kappa shape index (κ3) is 3.01. The van der Waals surface area contributed by atoms with Crippen LogP contribution < -0.4 is 10.5 Å². The van der Waals surface area contributed by atoms with Gasteiger partial charge in [-0.1, -0.05) is 12.1 Å². The molecular formula is C15H18N2OS. The van der Waals surface area contributed by atoms with E-state index in [1.165, 1.54) is 0 Å². The molecule has 0 atom stereocenters. The number of hydrogen-bond acceptors (Lipinski definition) is 4. The van der Waals surface area contributed by atoms with Gasteiger partial charge < -0.3 is 10.5 Å². The second kappa shape index (κ2) is 5.97. The number of rotatable bonds is 4. The zero-order chi connectivity index (χ0) is 13.8. The van der Waals surface area contributed by atoms with E-state index in [9.17, 15) is 0 Å². The summed E-state index contributed by atoms with van der Waals surface area (Å²) in [7, 11) is 1.70. The largest absolute Gasteiger partial charge is 0.496 e. The Labute approximate surface area is 118 Å². The molecular weight excluding hydrogens is 256 g/mol. The highest BCUT2D eigenvalue weighted by molar-refractivity contribution is 7.98. The summed E-state index contributed by atoms with van der Waals surface area (Å²) in [5.74, 6) is 1.71. The average Bonchev–Trinajstić information content (AvgIpc) is 2.40. The number of aromatic nitrogens is 1. The van der Waals surface area contributed by atoms with Gasteiger partial charge in [-0.2, -0.15) is 0 Å². The average molecular weight is 274 g/mol. The molecule has 0 saturated carbocycles. The molecule has 2 aromatic rings. The minimum Gasteiger partial charge on any atom is -0.496 e. The van der Waals surface area contributed by atoms with Crippen molar-refractivity contribution in [1.29, 1.82) is 0 Å². The maximum absolute atomic E-state index is 5.94. The lowest BCUT2D eigenvalue weighted by Gasteiger charge is -2.12. The predicted octanol–water partition coefficient (Wildman–Crippen LogP) is 3.58. The maximum Gasteiger partial charge on any atom is 0.128 e. The highest BCUT2D eigenvalue weighted by Gasteiger charge is 2.10. The van der Waals surface area contributed by atoms with E-state index < -0.39 is 0 Å². The number of nitrogens with zero attached hydrogens (tertiary/aromatic N) is 1. The molecule has 0 aliphatic heterocycles. The van der Waals surface area contributed by atoms with Crippen LogP contribution in [0.3, 0.4) is 0 Å². The molecule has 2 rings (SSSR count). The lowest BCUT2D eigenvalue weighted by atomic mass is 10.1. The monoisotopic (exact) mass is 274 g/mol. The Morgan fingerprint density at radius 3 is 2.68 bits per heavy atom. The van der Waals surface area contributed by atoms with Crippen LogP contribution in [0.15, 0.2) is 35.4 Å². The number of hydrogen-bond donors (Lipinski definition) is 1. The molecule has 100 valence electrons. The van der Waals surface area contributed by atoms with E-state index in [1.807, 2.05) is 44.3 Å². The van der Waals surface area contributed by atoms with Crippen molar-refractivity contribution < 1.29 is 4.74 Å². The molecule has 0 spiro atoms. The van der Waals surface area contributed by atoms with E-state index >= 15 is 0 Å². The number of pyridine rings is 1. The van der Waals surface area contributed by atoms with Crippen LogP contribution in [-0.4, -0.2) is 12.1 Å². The van der Waals surface area contributed by atoms with E-state index in [0.29, 0.717) is 0 Å². The molecule has 0 unspecified atom stereocenters. The maximum atomic E-state index is 5.94. The fraction of sp³-hybridized carbons (Fsp3) is 0.267. The smallest absolute Gasteiger partial charge is 0.128 e. The fourth-order valence-corrected chi connectivity index (χ4v) is 2.97. The molecule has 1 aromatic heterocycles. The number of para-hydroxylation sites is 1. The first-order chi connectivity index (χ1) is 9.13. The molecule has 0 fully saturated rings.